The first-order valence-electron chi connectivity index (χ1n) is 2.13. The van der Waals surface area contributed by atoms with Gasteiger partial charge in [0.2, 0.25) is 0 Å². The van der Waals surface area contributed by atoms with E-state index >= 15 is 0 Å². The Hall–Kier alpha value is 0.850. The summed E-state index contributed by atoms with van der Waals surface area (Å²) in [4.78, 5) is 10.2. The Labute approximate surface area is 69.7 Å². The minimum Gasteiger partial charge on any atom is -0.756 e. The van der Waals surface area contributed by atoms with Gasteiger partial charge in [-0.2, -0.15) is 0 Å². The zero-order chi connectivity index (χ0) is 6.62. The number of phosphoric ester groups is 1. The molecular weight excluding hydrogens is 239 g/mol. The van der Waals surface area contributed by atoms with Crippen molar-refractivity contribution in [1.29, 1.82) is 0 Å². The second-order valence-corrected chi connectivity index (χ2v) is 2.57. The SMILES string of the molecule is CCOP(=O)([O-])OC.[Ag+]. The second kappa shape index (κ2) is 5.62. The average molecular weight is 247 g/mol. The summed E-state index contributed by atoms with van der Waals surface area (Å²) in [5.74, 6) is 0. The van der Waals surface area contributed by atoms with Crippen LogP contribution in [-0.2, 0) is 36.0 Å². The standard InChI is InChI=1S/C3H9O4P.Ag/c1-3-7-8(4,5)6-2;/h3H2,1-2H3,(H,4,5);/q;+1/p-1. The number of hydrogen-bond donors (Lipinski definition) is 0. The van der Waals surface area contributed by atoms with Gasteiger partial charge in [0.15, 0.2) is 0 Å². The van der Waals surface area contributed by atoms with E-state index in [1.807, 2.05) is 0 Å². The van der Waals surface area contributed by atoms with E-state index in [1.54, 1.807) is 6.92 Å². The van der Waals surface area contributed by atoms with Crippen LogP contribution in [0.3, 0.4) is 0 Å². The van der Waals surface area contributed by atoms with E-state index in [9.17, 15) is 9.46 Å². The largest absolute Gasteiger partial charge is 1.00 e. The van der Waals surface area contributed by atoms with Gasteiger partial charge in [0, 0.05) is 7.11 Å². The number of hydrogen-bond acceptors (Lipinski definition) is 4. The van der Waals surface area contributed by atoms with Crippen molar-refractivity contribution in [3.8, 4) is 0 Å². The summed E-state index contributed by atoms with van der Waals surface area (Å²) in [6.07, 6.45) is 0. The van der Waals surface area contributed by atoms with Crippen molar-refractivity contribution in [2.45, 2.75) is 6.92 Å². The predicted octanol–water partition coefficient (Wildman–Crippen LogP) is 0.135. The zero-order valence-electron chi connectivity index (χ0n) is 5.09. The second-order valence-electron chi connectivity index (χ2n) is 1.05. The van der Waals surface area contributed by atoms with E-state index in [0.29, 0.717) is 0 Å². The first-order chi connectivity index (χ1) is 3.62. The third-order valence-electron chi connectivity index (χ3n) is 0.511. The fourth-order valence-corrected chi connectivity index (χ4v) is 0.632. The predicted molar refractivity (Wildman–Crippen MR) is 26.2 cm³/mol. The Kier molecular flexibility index (Phi) is 7.82. The van der Waals surface area contributed by atoms with E-state index < -0.39 is 7.82 Å². The van der Waals surface area contributed by atoms with Crippen LogP contribution in [-0.4, -0.2) is 13.7 Å². The molecule has 0 spiro atoms. The first-order valence-corrected chi connectivity index (χ1v) is 3.59. The molecular formula is C3H8AgO4P. The molecule has 0 aromatic rings. The van der Waals surface area contributed by atoms with Crippen LogP contribution in [0.2, 0.25) is 0 Å². The van der Waals surface area contributed by atoms with Crippen molar-refractivity contribution in [2.24, 2.45) is 0 Å². The van der Waals surface area contributed by atoms with Crippen molar-refractivity contribution in [3.63, 3.8) is 0 Å². The maximum Gasteiger partial charge on any atom is 1.00 e. The first kappa shape index (κ1) is 12.5. The molecule has 0 fully saturated rings. The fourth-order valence-electron chi connectivity index (χ4n) is 0.211. The molecule has 0 aliphatic rings. The molecule has 0 aliphatic heterocycles. The molecule has 0 aromatic carbocycles. The van der Waals surface area contributed by atoms with Crippen molar-refractivity contribution >= 4 is 7.82 Å². The van der Waals surface area contributed by atoms with E-state index in [-0.39, 0.29) is 29.0 Å². The fraction of sp³-hybridized carbons (Fsp3) is 1.00. The van der Waals surface area contributed by atoms with Gasteiger partial charge in [0.1, 0.15) is 0 Å². The zero-order valence-corrected chi connectivity index (χ0v) is 7.47. The molecule has 1 atom stereocenters. The molecule has 1 unspecified atom stereocenters. The van der Waals surface area contributed by atoms with Crippen LogP contribution < -0.4 is 4.89 Å². The van der Waals surface area contributed by atoms with Gasteiger partial charge in [-0.25, -0.2) is 0 Å². The summed E-state index contributed by atoms with van der Waals surface area (Å²) in [6.45, 7) is 1.69. The summed E-state index contributed by atoms with van der Waals surface area (Å²) in [6, 6.07) is 0. The molecule has 60 valence electrons. The van der Waals surface area contributed by atoms with Crippen molar-refractivity contribution in [2.75, 3.05) is 13.7 Å². The van der Waals surface area contributed by atoms with Crippen molar-refractivity contribution in [3.05, 3.63) is 0 Å². The summed E-state index contributed by atoms with van der Waals surface area (Å²) in [7, 11) is -2.86. The Morgan fingerprint density at radius 2 is 2.11 bits per heavy atom. The van der Waals surface area contributed by atoms with Gasteiger partial charge >= 0.3 is 22.4 Å². The smallest absolute Gasteiger partial charge is 0.756 e. The number of phosphoric acid groups is 1. The molecule has 0 saturated carbocycles. The van der Waals surface area contributed by atoms with Crippen molar-refractivity contribution in [1.82, 2.24) is 0 Å². The van der Waals surface area contributed by atoms with E-state index in [2.05, 4.69) is 9.05 Å². The van der Waals surface area contributed by atoms with Crippen LogP contribution >= 0.6 is 7.82 Å². The van der Waals surface area contributed by atoms with Gasteiger partial charge in [0.05, 0.1) is 6.61 Å². The summed E-state index contributed by atoms with van der Waals surface area (Å²) >= 11 is 0. The maximum atomic E-state index is 10.2. The van der Waals surface area contributed by atoms with Gasteiger partial charge in [-0.3, -0.25) is 4.57 Å². The molecule has 0 heterocycles. The van der Waals surface area contributed by atoms with Crippen molar-refractivity contribution < 1.29 is 40.9 Å². The third-order valence-corrected chi connectivity index (χ3v) is 1.53. The molecule has 9 heavy (non-hydrogen) atoms. The molecule has 0 bridgehead atoms. The van der Waals surface area contributed by atoms with Gasteiger partial charge in [-0.05, 0) is 6.92 Å². The van der Waals surface area contributed by atoms with E-state index in [4.69, 9.17) is 0 Å². The van der Waals surface area contributed by atoms with Crippen LogP contribution in [0.1, 0.15) is 6.92 Å². The number of rotatable bonds is 3. The quantitative estimate of drug-likeness (QED) is 0.525. The summed E-state index contributed by atoms with van der Waals surface area (Å²) in [5, 5.41) is 0. The van der Waals surface area contributed by atoms with Crippen LogP contribution in [0.15, 0.2) is 0 Å². The molecule has 0 aliphatic carbocycles. The minimum atomic E-state index is -3.92. The van der Waals surface area contributed by atoms with E-state index in [1.165, 1.54) is 0 Å². The third kappa shape index (κ3) is 6.74. The van der Waals surface area contributed by atoms with Gasteiger partial charge in [-0.15, -0.1) is 0 Å². The normalized spacial score (nSPS) is 15.9. The molecule has 4 nitrogen and oxygen atoms in total. The summed E-state index contributed by atoms with van der Waals surface area (Å²) < 4.78 is 18.3. The van der Waals surface area contributed by atoms with Crippen LogP contribution in [0.25, 0.3) is 0 Å². The van der Waals surface area contributed by atoms with Gasteiger partial charge < -0.3 is 13.9 Å². The van der Waals surface area contributed by atoms with Crippen LogP contribution in [0.4, 0.5) is 0 Å². The molecule has 6 heteroatoms. The molecule has 0 N–H and O–H groups in total. The van der Waals surface area contributed by atoms with Gasteiger partial charge in [-0.1, -0.05) is 0 Å². The van der Waals surface area contributed by atoms with Crippen LogP contribution in [0, 0.1) is 0 Å². The van der Waals surface area contributed by atoms with Gasteiger partial charge in [0.25, 0.3) is 7.82 Å². The van der Waals surface area contributed by atoms with Crippen LogP contribution in [0.5, 0.6) is 0 Å². The minimum absolute atomic E-state index is 0. The Morgan fingerprint density at radius 1 is 1.67 bits per heavy atom. The molecule has 0 radical (unpaired) electrons. The summed E-state index contributed by atoms with van der Waals surface area (Å²) in [5.41, 5.74) is 0. The Morgan fingerprint density at radius 3 is 2.22 bits per heavy atom. The molecule has 0 saturated heterocycles. The Bertz CT molecular complexity index is 106. The average Bonchev–Trinajstić information content (AvgIpc) is 1.67. The topological polar surface area (TPSA) is 58.6 Å². The molecule has 0 aromatic heterocycles. The van der Waals surface area contributed by atoms with E-state index in [0.717, 1.165) is 7.11 Å². The Balaban J connectivity index is 0. The monoisotopic (exact) mass is 246 g/mol. The maximum absolute atomic E-state index is 10.2. The molecule has 0 rings (SSSR count). The molecule has 0 amide bonds.